The first kappa shape index (κ1) is 12.2. The lowest BCUT2D eigenvalue weighted by atomic mass is 10.2. The second-order valence-corrected chi connectivity index (χ2v) is 5.08. The summed E-state index contributed by atoms with van der Waals surface area (Å²) in [7, 11) is -3.37. The third-order valence-corrected chi connectivity index (χ3v) is 2.77. The summed E-state index contributed by atoms with van der Waals surface area (Å²) in [5, 5.41) is 0. The molecule has 1 aromatic rings. The van der Waals surface area contributed by atoms with Crippen molar-refractivity contribution in [3.05, 3.63) is 18.2 Å². The van der Waals surface area contributed by atoms with Gasteiger partial charge in [0.05, 0.1) is 18.9 Å². The van der Waals surface area contributed by atoms with Gasteiger partial charge in [0.15, 0.2) is 0 Å². The Hall–Kier alpha value is -0.880. The van der Waals surface area contributed by atoms with E-state index in [0.717, 1.165) is 18.5 Å². The van der Waals surface area contributed by atoms with Crippen LogP contribution in [0.15, 0.2) is 12.4 Å². The van der Waals surface area contributed by atoms with Gasteiger partial charge in [-0.2, -0.15) is 8.42 Å². The molecule has 0 N–H and O–H groups in total. The molecule has 0 spiro atoms. The van der Waals surface area contributed by atoms with E-state index >= 15 is 0 Å². The summed E-state index contributed by atoms with van der Waals surface area (Å²) < 4.78 is 28.4. The number of imidazole rings is 1. The molecule has 1 rings (SSSR count). The van der Waals surface area contributed by atoms with Gasteiger partial charge < -0.3 is 4.57 Å². The molecule has 0 aliphatic rings. The van der Waals surface area contributed by atoms with E-state index in [2.05, 4.69) is 4.98 Å². The Kier molecular flexibility index (Phi) is 3.87. The van der Waals surface area contributed by atoms with Crippen molar-refractivity contribution >= 4 is 10.1 Å². The van der Waals surface area contributed by atoms with Crippen molar-refractivity contribution in [2.24, 2.45) is 0 Å². The van der Waals surface area contributed by atoms with Gasteiger partial charge in [-0.25, -0.2) is 4.98 Å². The van der Waals surface area contributed by atoms with Crippen molar-refractivity contribution < 1.29 is 12.6 Å². The molecular weight excluding hydrogens is 216 g/mol. The van der Waals surface area contributed by atoms with Gasteiger partial charge in [0.2, 0.25) is 0 Å². The second-order valence-electron chi connectivity index (χ2n) is 3.43. The molecule has 0 aliphatic heterocycles. The number of aryl methyl sites for hydroxylation is 1. The standard InChI is InChI=1S/C9H16N2O3S/c1-4-9(7-14-15(3,12)13)11-6-5-10-8(11)2/h5-6,9H,4,7H2,1-3H3. The topological polar surface area (TPSA) is 61.2 Å². The van der Waals surface area contributed by atoms with Gasteiger partial charge >= 0.3 is 0 Å². The predicted molar refractivity (Wildman–Crippen MR) is 57.1 cm³/mol. The molecule has 0 aliphatic carbocycles. The van der Waals surface area contributed by atoms with Crippen LogP contribution in [0.5, 0.6) is 0 Å². The Bertz CT molecular complexity index is 411. The molecule has 1 unspecified atom stereocenters. The van der Waals surface area contributed by atoms with Crippen LogP contribution in [-0.4, -0.2) is 30.8 Å². The average molecular weight is 232 g/mol. The Labute approximate surface area is 90.2 Å². The first-order chi connectivity index (χ1) is 6.94. The fraction of sp³-hybridized carbons (Fsp3) is 0.667. The summed E-state index contributed by atoms with van der Waals surface area (Å²) in [6.45, 7) is 4.02. The Morgan fingerprint density at radius 1 is 1.60 bits per heavy atom. The summed E-state index contributed by atoms with van der Waals surface area (Å²) >= 11 is 0. The zero-order valence-electron chi connectivity index (χ0n) is 9.17. The monoisotopic (exact) mass is 232 g/mol. The highest BCUT2D eigenvalue weighted by Gasteiger charge is 2.13. The van der Waals surface area contributed by atoms with Crippen LogP contribution < -0.4 is 0 Å². The smallest absolute Gasteiger partial charge is 0.264 e. The molecule has 1 aromatic heterocycles. The van der Waals surface area contributed by atoms with Gasteiger partial charge in [0, 0.05) is 12.4 Å². The number of hydrogen-bond acceptors (Lipinski definition) is 4. The van der Waals surface area contributed by atoms with Crippen molar-refractivity contribution in [3.63, 3.8) is 0 Å². The van der Waals surface area contributed by atoms with Crippen LogP contribution in [0.3, 0.4) is 0 Å². The van der Waals surface area contributed by atoms with Gasteiger partial charge in [-0.05, 0) is 13.3 Å². The third kappa shape index (κ3) is 3.64. The number of rotatable bonds is 5. The number of aromatic nitrogens is 2. The number of nitrogens with zero attached hydrogens (tertiary/aromatic N) is 2. The zero-order valence-corrected chi connectivity index (χ0v) is 9.99. The highest BCUT2D eigenvalue weighted by atomic mass is 32.2. The van der Waals surface area contributed by atoms with Crippen molar-refractivity contribution in [3.8, 4) is 0 Å². The maximum absolute atomic E-state index is 10.9. The van der Waals surface area contributed by atoms with Crippen molar-refractivity contribution in [1.82, 2.24) is 9.55 Å². The fourth-order valence-electron chi connectivity index (χ4n) is 1.37. The zero-order chi connectivity index (χ0) is 11.5. The molecule has 0 aromatic carbocycles. The van der Waals surface area contributed by atoms with Crippen molar-refractivity contribution in [2.75, 3.05) is 12.9 Å². The van der Waals surface area contributed by atoms with Crippen molar-refractivity contribution in [1.29, 1.82) is 0 Å². The summed E-state index contributed by atoms with van der Waals surface area (Å²) in [6.07, 6.45) is 5.38. The van der Waals surface area contributed by atoms with Crippen LogP contribution in [0.1, 0.15) is 25.2 Å². The van der Waals surface area contributed by atoms with Gasteiger partial charge in [0.25, 0.3) is 10.1 Å². The molecule has 86 valence electrons. The minimum atomic E-state index is -3.37. The van der Waals surface area contributed by atoms with Crippen LogP contribution in [0.2, 0.25) is 0 Å². The van der Waals surface area contributed by atoms with E-state index in [0.29, 0.717) is 0 Å². The average Bonchev–Trinajstić information content (AvgIpc) is 2.52. The molecule has 0 radical (unpaired) electrons. The normalized spacial score (nSPS) is 14.1. The maximum atomic E-state index is 10.9. The van der Waals surface area contributed by atoms with E-state index in [1.165, 1.54) is 0 Å². The van der Waals surface area contributed by atoms with E-state index in [-0.39, 0.29) is 12.6 Å². The highest BCUT2D eigenvalue weighted by Crippen LogP contribution is 2.14. The molecule has 0 amide bonds. The van der Waals surface area contributed by atoms with Gasteiger partial charge in [-0.1, -0.05) is 6.92 Å². The van der Waals surface area contributed by atoms with E-state index in [4.69, 9.17) is 4.18 Å². The Morgan fingerprint density at radius 2 is 2.27 bits per heavy atom. The quantitative estimate of drug-likeness (QED) is 0.714. The summed E-state index contributed by atoms with van der Waals surface area (Å²) in [5.41, 5.74) is 0. The van der Waals surface area contributed by atoms with E-state index < -0.39 is 10.1 Å². The molecule has 0 fully saturated rings. The van der Waals surface area contributed by atoms with Crippen LogP contribution in [0.25, 0.3) is 0 Å². The lowest BCUT2D eigenvalue weighted by molar-refractivity contribution is 0.250. The molecule has 15 heavy (non-hydrogen) atoms. The molecule has 0 bridgehead atoms. The first-order valence-corrected chi connectivity index (χ1v) is 6.59. The lowest BCUT2D eigenvalue weighted by Crippen LogP contribution is -2.17. The minimum Gasteiger partial charge on any atom is -0.330 e. The van der Waals surface area contributed by atoms with Gasteiger partial charge in [-0.3, -0.25) is 4.18 Å². The minimum absolute atomic E-state index is 0.0159. The fourth-order valence-corrected chi connectivity index (χ4v) is 1.77. The Balaban J connectivity index is 2.70. The van der Waals surface area contributed by atoms with Crippen LogP contribution in [0, 0.1) is 6.92 Å². The van der Waals surface area contributed by atoms with Gasteiger partial charge in [0.1, 0.15) is 5.82 Å². The number of hydrogen-bond donors (Lipinski definition) is 0. The van der Waals surface area contributed by atoms with Crippen LogP contribution >= 0.6 is 0 Å². The molecule has 0 saturated carbocycles. The molecule has 6 heteroatoms. The highest BCUT2D eigenvalue weighted by molar-refractivity contribution is 7.85. The van der Waals surface area contributed by atoms with E-state index in [1.807, 2.05) is 24.6 Å². The SMILES string of the molecule is CCC(COS(C)(=O)=O)n1ccnc1C. The van der Waals surface area contributed by atoms with E-state index in [1.54, 1.807) is 6.20 Å². The van der Waals surface area contributed by atoms with Crippen LogP contribution in [-0.2, 0) is 14.3 Å². The van der Waals surface area contributed by atoms with E-state index in [9.17, 15) is 8.42 Å². The van der Waals surface area contributed by atoms with Gasteiger partial charge in [-0.15, -0.1) is 0 Å². The summed E-state index contributed by atoms with van der Waals surface area (Å²) in [6, 6.07) is 0.0159. The second kappa shape index (κ2) is 4.76. The molecular formula is C9H16N2O3S. The Morgan fingerprint density at radius 3 is 2.67 bits per heavy atom. The lowest BCUT2D eigenvalue weighted by Gasteiger charge is -2.17. The maximum Gasteiger partial charge on any atom is 0.264 e. The predicted octanol–water partition coefficient (Wildman–Crippen LogP) is 1.12. The molecule has 0 saturated heterocycles. The molecule has 5 nitrogen and oxygen atoms in total. The third-order valence-electron chi connectivity index (χ3n) is 2.20. The largest absolute Gasteiger partial charge is 0.330 e. The summed E-state index contributed by atoms with van der Waals surface area (Å²) in [4.78, 5) is 4.09. The summed E-state index contributed by atoms with van der Waals surface area (Å²) in [5.74, 6) is 0.860. The first-order valence-electron chi connectivity index (χ1n) is 4.78. The van der Waals surface area contributed by atoms with Crippen molar-refractivity contribution in [2.45, 2.75) is 26.3 Å². The van der Waals surface area contributed by atoms with Crippen LogP contribution in [0.4, 0.5) is 0 Å². The molecule has 1 atom stereocenters. The molecule has 1 heterocycles.